The van der Waals surface area contributed by atoms with Gasteiger partial charge in [-0.3, -0.25) is 0 Å². The Kier molecular flexibility index (Phi) is 2.89. The number of esters is 1. The summed E-state index contributed by atoms with van der Waals surface area (Å²) in [6, 6.07) is 8.96. The molecule has 0 bridgehead atoms. The molecule has 1 spiro atoms. The van der Waals surface area contributed by atoms with Crippen molar-refractivity contribution in [3.05, 3.63) is 46.7 Å². The summed E-state index contributed by atoms with van der Waals surface area (Å²) in [4.78, 5) is 14.4. The predicted molar refractivity (Wildman–Crippen MR) is 87.9 cm³/mol. The van der Waals surface area contributed by atoms with E-state index >= 15 is 0 Å². The molecule has 0 aliphatic carbocycles. The molecule has 0 N–H and O–H groups in total. The molecule has 0 aromatic heterocycles. The fourth-order valence-electron chi connectivity index (χ4n) is 4.54. The molecule has 23 heavy (non-hydrogen) atoms. The minimum Gasteiger partial charge on any atom is -0.453 e. The van der Waals surface area contributed by atoms with Crippen molar-refractivity contribution >= 4 is 17.7 Å². The third kappa shape index (κ3) is 1.81. The third-order valence-electron chi connectivity index (χ3n) is 5.45. The number of hydrogen-bond donors (Lipinski definition) is 0. The van der Waals surface area contributed by atoms with Crippen LogP contribution in [0.4, 0.5) is 0 Å². The summed E-state index contributed by atoms with van der Waals surface area (Å²) in [5.41, 5.74) is 4.65. The fourth-order valence-corrected chi connectivity index (χ4v) is 5.82. The average Bonchev–Trinajstić information content (AvgIpc) is 3.13. The first-order valence-corrected chi connectivity index (χ1v) is 9.26. The monoisotopic (exact) mass is 329 g/mol. The number of thioether (sulfide) groups is 1. The van der Waals surface area contributed by atoms with E-state index in [4.69, 9.17) is 9.47 Å². The quantitative estimate of drug-likeness (QED) is 0.684. The summed E-state index contributed by atoms with van der Waals surface area (Å²) in [7, 11) is 0. The lowest BCUT2D eigenvalue weighted by molar-refractivity contribution is -0.140. The summed E-state index contributed by atoms with van der Waals surface area (Å²) < 4.78 is 11.7. The smallest absolute Gasteiger partial charge is 0.340 e. The van der Waals surface area contributed by atoms with Crippen molar-refractivity contribution in [3.63, 3.8) is 0 Å². The van der Waals surface area contributed by atoms with E-state index in [-0.39, 0.29) is 18.1 Å². The van der Waals surface area contributed by atoms with Crippen molar-refractivity contribution in [3.8, 4) is 0 Å². The normalized spacial score (nSPS) is 35.2. The number of hydrogen-bond acceptors (Lipinski definition) is 5. The molecule has 5 rings (SSSR count). The summed E-state index contributed by atoms with van der Waals surface area (Å²) in [5.74, 6) is 0.756. The summed E-state index contributed by atoms with van der Waals surface area (Å²) >= 11 is 1.77. The molecular formula is C18H19NO3S. The number of cyclic esters (lactones) is 1. The van der Waals surface area contributed by atoms with Crippen molar-refractivity contribution in [2.45, 2.75) is 36.8 Å². The topological polar surface area (TPSA) is 38.8 Å². The minimum atomic E-state index is -0.511. The van der Waals surface area contributed by atoms with Gasteiger partial charge in [-0.25, -0.2) is 4.79 Å². The van der Waals surface area contributed by atoms with Gasteiger partial charge in [-0.2, -0.15) is 0 Å². The lowest BCUT2D eigenvalue weighted by Gasteiger charge is -2.48. The lowest BCUT2D eigenvalue weighted by Crippen LogP contribution is -2.47. The second kappa shape index (κ2) is 4.77. The Labute approximate surface area is 139 Å². The zero-order chi connectivity index (χ0) is 15.6. The second-order valence-corrected chi connectivity index (χ2v) is 7.98. The number of benzene rings is 1. The summed E-state index contributed by atoms with van der Waals surface area (Å²) in [6.07, 6.45) is 1.67. The molecule has 4 aliphatic rings. The minimum absolute atomic E-state index is 0.174. The van der Waals surface area contributed by atoms with Crippen molar-refractivity contribution in [1.82, 2.24) is 4.90 Å². The third-order valence-corrected chi connectivity index (χ3v) is 6.77. The molecule has 5 heteroatoms. The van der Waals surface area contributed by atoms with Crippen molar-refractivity contribution in [1.29, 1.82) is 0 Å². The Bertz CT molecular complexity index is 723. The molecule has 0 saturated carbocycles. The van der Waals surface area contributed by atoms with Crippen LogP contribution in [0.2, 0.25) is 0 Å². The zero-order valence-electron chi connectivity index (χ0n) is 13.1. The Morgan fingerprint density at radius 1 is 1.35 bits per heavy atom. The fraction of sp³-hybridized carbons (Fsp3) is 0.500. The highest BCUT2D eigenvalue weighted by Gasteiger charge is 2.57. The van der Waals surface area contributed by atoms with Gasteiger partial charge >= 0.3 is 5.97 Å². The molecule has 1 aromatic carbocycles. The maximum absolute atomic E-state index is 12.5. The van der Waals surface area contributed by atoms with Crippen LogP contribution in [0.1, 0.15) is 30.5 Å². The number of carbonyl (C=O) groups is 1. The van der Waals surface area contributed by atoms with Crippen molar-refractivity contribution in [2.75, 3.05) is 18.9 Å². The molecule has 4 nitrogen and oxygen atoms in total. The Balaban J connectivity index is 1.70. The SMILES string of the molecule is C[C@H]1OC(=O)C2=C1N1CCc3ccccc3[C@@H]1C[C@]21OCCS1. The maximum atomic E-state index is 12.5. The molecule has 4 heterocycles. The van der Waals surface area contributed by atoms with Gasteiger partial charge in [-0.1, -0.05) is 24.3 Å². The van der Waals surface area contributed by atoms with Gasteiger partial charge in [-0.05, 0) is 24.5 Å². The molecule has 3 atom stereocenters. The molecule has 1 saturated heterocycles. The summed E-state index contributed by atoms with van der Waals surface area (Å²) in [6.45, 7) is 3.64. The van der Waals surface area contributed by atoms with Gasteiger partial charge in [0.1, 0.15) is 11.7 Å². The van der Waals surface area contributed by atoms with Gasteiger partial charge in [0, 0.05) is 18.7 Å². The van der Waals surface area contributed by atoms with E-state index in [2.05, 4.69) is 29.2 Å². The van der Waals surface area contributed by atoms with Crippen molar-refractivity contribution in [2.24, 2.45) is 0 Å². The van der Waals surface area contributed by atoms with Crippen LogP contribution in [0.5, 0.6) is 0 Å². The number of carbonyl (C=O) groups excluding carboxylic acids is 1. The summed E-state index contributed by atoms with van der Waals surface area (Å²) in [5, 5.41) is 0. The Morgan fingerprint density at radius 2 is 2.22 bits per heavy atom. The second-order valence-electron chi connectivity index (χ2n) is 6.62. The highest BCUT2D eigenvalue weighted by atomic mass is 32.2. The van der Waals surface area contributed by atoms with Crippen molar-refractivity contribution < 1.29 is 14.3 Å². The lowest BCUT2D eigenvalue weighted by atomic mass is 9.83. The largest absolute Gasteiger partial charge is 0.453 e. The number of fused-ring (bicyclic) bond motifs is 5. The molecular weight excluding hydrogens is 310 g/mol. The standard InChI is InChI=1S/C18H19NO3S/c1-11-16-15(17(20)22-11)18(21-8-9-23-18)10-14-13-5-3-2-4-12(13)6-7-19(14)16/h2-5,11,14H,6-10H2,1H3/t11-,14+,18-/m1/s1. The van der Waals surface area contributed by atoms with Crippen LogP contribution < -0.4 is 0 Å². The van der Waals surface area contributed by atoms with Crippen LogP contribution >= 0.6 is 11.8 Å². The van der Waals surface area contributed by atoms with E-state index in [1.54, 1.807) is 11.8 Å². The Hall–Kier alpha value is -1.46. The first kappa shape index (κ1) is 13.9. The van der Waals surface area contributed by atoms with Crippen LogP contribution in [-0.4, -0.2) is 40.8 Å². The number of nitrogens with zero attached hydrogens (tertiary/aromatic N) is 1. The van der Waals surface area contributed by atoms with E-state index in [1.807, 2.05) is 6.92 Å². The van der Waals surface area contributed by atoms with Gasteiger partial charge < -0.3 is 14.4 Å². The van der Waals surface area contributed by atoms with Crippen LogP contribution in [-0.2, 0) is 20.7 Å². The van der Waals surface area contributed by atoms with E-state index < -0.39 is 4.93 Å². The Morgan fingerprint density at radius 3 is 3.04 bits per heavy atom. The van der Waals surface area contributed by atoms with Crippen LogP contribution in [0.3, 0.4) is 0 Å². The van der Waals surface area contributed by atoms with Gasteiger partial charge in [0.05, 0.1) is 18.3 Å². The molecule has 0 unspecified atom stereocenters. The van der Waals surface area contributed by atoms with E-state index in [9.17, 15) is 4.79 Å². The average molecular weight is 329 g/mol. The molecule has 1 fully saturated rings. The first-order valence-electron chi connectivity index (χ1n) is 8.27. The van der Waals surface area contributed by atoms with Gasteiger partial charge in [0.2, 0.25) is 0 Å². The maximum Gasteiger partial charge on any atom is 0.340 e. The van der Waals surface area contributed by atoms with Gasteiger partial charge in [-0.15, -0.1) is 11.8 Å². The van der Waals surface area contributed by atoms with Gasteiger partial charge in [0.25, 0.3) is 0 Å². The highest BCUT2D eigenvalue weighted by Crippen LogP contribution is 2.56. The highest BCUT2D eigenvalue weighted by molar-refractivity contribution is 8.01. The molecule has 4 aliphatic heterocycles. The molecule has 0 radical (unpaired) electrons. The van der Waals surface area contributed by atoms with E-state index in [0.717, 1.165) is 36.4 Å². The molecule has 0 amide bonds. The van der Waals surface area contributed by atoms with Gasteiger partial charge in [0.15, 0.2) is 4.93 Å². The number of rotatable bonds is 0. The number of ether oxygens (including phenoxy) is 2. The first-order chi connectivity index (χ1) is 11.2. The van der Waals surface area contributed by atoms with E-state index in [1.165, 1.54) is 11.1 Å². The molecule has 120 valence electrons. The van der Waals surface area contributed by atoms with Crippen LogP contribution in [0.15, 0.2) is 35.5 Å². The van der Waals surface area contributed by atoms with Crippen LogP contribution in [0.25, 0.3) is 0 Å². The molecule has 1 aromatic rings. The van der Waals surface area contributed by atoms with E-state index in [0.29, 0.717) is 6.61 Å². The zero-order valence-corrected chi connectivity index (χ0v) is 13.9. The van der Waals surface area contributed by atoms with Crippen LogP contribution in [0, 0.1) is 0 Å². The predicted octanol–water partition coefficient (Wildman–Crippen LogP) is 2.65.